The number of hydrogen-bond donors (Lipinski definition) is 3. The minimum atomic E-state index is -3.92. The lowest BCUT2D eigenvalue weighted by molar-refractivity contribution is 0.163. The minimum Gasteiger partial charge on any atom is -0.399 e. The van der Waals surface area contributed by atoms with Crippen molar-refractivity contribution in [3.8, 4) is 5.75 Å². The number of aliphatic hydroxyl groups is 1. The predicted molar refractivity (Wildman–Crippen MR) is 86.5 cm³/mol. The van der Waals surface area contributed by atoms with Crippen LogP contribution in [0.25, 0.3) is 0 Å². The van der Waals surface area contributed by atoms with Crippen molar-refractivity contribution in [3.63, 3.8) is 0 Å². The number of nitrogen functional groups attached to an aromatic ring is 1. The molecule has 1 heterocycles. The van der Waals surface area contributed by atoms with E-state index in [0.29, 0.717) is 18.8 Å². The Morgan fingerprint density at radius 3 is 2.35 bits per heavy atom. The van der Waals surface area contributed by atoms with Crippen molar-refractivity contribution < 1.29 is 17.7 Å². The lowest BCUT2D eigenvalue weighted by Gasteiger charge is -2.21. The smallest absolute Gasteiger partial charge is 0.339 e. The molecule has 1 atom stereocenters. The van der Waals surface area contributed by atoms with Crippen LogP contribution in [0.4, 0.5) is 11.4 Å². The zero-order valence-electron chi connectivity index (χ0n) is 12.2. The SMILES string of the molecule is Nc1ccc(OS(=O)(=O)c2ccc(N3CCNC3O)cc2)cc1. The van der Waals surface area contributed by atoms with Crippen LogP contribution in [0.1, 0.15) is 0 Å². The molecule has 1 aliphatic heterocycles. The average molecular weight is 335 g/mol. The summed E-state index contributed by atoms with van der Waals surface area (Å²) in [6.07, 6.45) is -0.761. The number of rotatable bonds is 4. The normalized spacial score (nSPS) is 18.1. The van der Waals surface area contributed by atoms with E-state index < -0.39 is 16.5 Å². The van der Waals surface area contributed by atoms with Gasteiger partial charge in [0.2, 0.25) is 0 Å². The van der Waals surface area contributed by atoms with E-state index in [2.05, 4.69) is 5.32 Å². The summed E-state index contributed by atoms with van der Waals surface area (Å²) < 4.78 is 29.6. The van der Waals surface area contributed by atoms with E-state index in [0.717, 1.165) is 5.69 Å². The second kappa shape index (κ2) is 6.07. The molecule has 0 spiro atoms. The lowest BCUT2D eigenvalue weighted by Crippen LogP contribution is -2.35. The number of nitrogens with one attached hydrogen (secondary N) is 1. The number of anilines is 2. The van der Waals surface area contributed by atoms with Crippen molar-refractivity contribution in [2.24, 2.45) is 0 Å². The molecule has 122 valence electrons. The van der Waals surface area contributed by atoms with Crippen molar-refractivity contribution >= 4 is 21.5 Å². The van der Waals surface area contributed by atoms with Crippen LogP contribution >= 0.6 is 0 Å². The molecule has 1 unspecified atom stereocenters. The van der Waals surface area contributed by atoms with E-state index in [1.165, 1.54) is 24.3 Å². The molecule has 0 amide bonds. The molecule has 23 heavy (non-hydrogen) atoms. The van der Waals surface area contributed by atoms with Crippen molar-refractivity contribution in [2.75, 3.05) is 23.7 Å². The van der Waals surface area contributed by atoms with Gasteiger partial charge < -0.3 is 19.9 Å². The van der Waals surface area contributed by atoms with Gasteiger partial charge in [0.25, 0.3) is 0 Å². The number of hydrogen-bond acceptors (Lipinski definition) is 7. The Kier molecular flexibility index (Phi) is 4.12. The quantitative estimate of drug-likeness (QED) is 0.558. The molecule has 0 aromatic heterocycles. The molecule has 0 saturated carbocycles. The van der Waals surface area contributed by atoms with Gasteiger partial charge in [-0.2, -0.15) is 8.42 Å². The molecule has 1 aliphatic rings. The van der Waals surface area contributed by atoms with Crippen molar-refractivity contribution in [1.29, 1.82) is 0 Å². The molecule has 3 rings (SSSR count). The molecular weight excluding hydrogens is 318 g/mol. The summed E-state index contributed by atoms with van der Waals surface area (Å²) in [5.74, 6) is 0.197. The maximum atomic E-state index is 12.3. The fourth-order valence-electron chi connectivity index (χ4n) is 2.32. The molecule has 1 saturated heterocycles. The van der Waals surface area contributed by atoms with Crippen LogP contribution in [-0.2, 0) is 10.1 Å². The third-order valence-corrected chi connectivity index (χ3v) is 4.78. The standard InChI is InChI=1S/C15H17N3O4S/c16-11-1-5-13(6-2-11)22-23(20,21)14-7-3-12(4-8-14)18-10-9-17-15(18)19/h1-8,15,17,19H,9-10,16H2. The molecule has 0 radical (unpaired) electrons. The van der Waals surface area contributed by atoms with E-state index in [9.17, 15) is 13.5 Å². The van der Waals surface area contributed by atoms with Gasteiger partial charge in [0.1, 0.15) is 10.6 Å². The lowest BCUT2D eigenvalue weighted by atomic mass is 10.3. The van der Waals surface area contributed by atoms with Crippen LogP contribution in [0.3, 0.4) is 0 Å². The summed E-state index contributed by atoms with van der Waals surface area (Å²) in [6, 6.07) is 12.3. The van der Waals surface area contributed by atoms with Gasteiger partial charge >= 0.3 is 10.1 Å². The number of aliphatic hydroxyl groups excluding tert-OH is 1. The Morgan fingerprint density at radius 1 is 1.13 bits per heavy atom. The first-order valence-electron chi connectivity index (χ1n) is 7.04. The Bertz CT molecular complexity index is 775. The number of nitrogens with two attached hydrogens (primary N) is 1. The monoisotopic (exact) mass is 335 g/mol. The average Bonchev–Trinajstić information content (AvgIpc) is 2.96. The van der Waals surface area contributed by atoms with Crippen LogP contribution in [0, 0.1) is 0 Å². The largest absolute Gasteiger partial charge is 0.399 e. The molecule has 4 N–H and O–H groups in total. The highest BCUT2D eigenvalue weighted by molar-refractivity contribution is 7.87. The maximum absolute atomic E-state index is 12.3. The van der Waals surface area contributed by atoms with Crippen molar-refractivity contribution in [3.05, 3.63) is 48.5 Å². The highest BCUT2D eigenvalue weighted by Crippen LogP contribution is 2.23. The van der Waals surface area contributed by atoms with E-state index in [-0.39, 0.29) is 10.6 Å². The number of nitrogens with zero attached hydrogens (tertiary/aromatic N) is 1. The molecule has 7 nitrogen and oxygen atoms in total. The fraction of sp³-hybridized carbons (Fsp3) is 0.200. The fourth-order valence-corrected chi connectivity index (χ4v) is 3.25. The summed E-state index contributed by atoms with van der Waals surface area (Å²) in [6.45, 7) is 1.32. The first-order chi connectivity index (χ1) is 11.0. The first kappa shape index (κ1) is 15.6. The van der Waals surface area contributed by atoms with E-state index >= 15 is 0 Å². The number of benzene rings is 2. The zero-order valence-corrected chi connectivity index (χ0v) is 13.0. The highest BCUT2D eigenvalue weighted by Gasteiger charge is 2.22. The summed E-state index contributed by atoms with van der Waals surface area (Å²) in [7, 11) is -3.92. The van der Waals surface area contributed by atoms with Crippen LogP contribution in [-0.4, -0.2) is 33.0 Å². The van der Waals surface area contributed by atoms with Gasteiger partial charge in [0.05, 0.1) is 0 Å². The molecule has 1 fully saturated rings. The van der Waals surface area contributed by atoms with E-state index in [1.807, 2.05) is 0 Å². The van der Waals surface area contributed by atoms with Gasteiger partial charge in [-0.15, -0.1) is 0 Å². The Balaban J connectivity index is 1.78. The topological polar surface area (TPSA) is 105 Å². The molecular formula is C15H17N3O4S. The van der Waals surface area contributed by atoms with Gasteiger partial charge in [-0.05, 0) is 48.5 Å². The van der Waals surface area contributed by atoms with E-state index in [4.69, 9.17) is 9.92 Å². The summed E-state index contributed by atoms with van der Waals surface area (Å²) in [5.41, 5.74) is 6.81. The van der Waals surface area contributed by atoms with Crippen LogP contribution in [0.5, 0.6) is 5.75 Å². The predicted octanol–water partition coefficient (Wildman–Crippen LogP) is 0.722. The van der Waals surface area contributed by atoms with Crippen molar-refractivity contribution in [2.45, 2.75) is 11.2 Å². The highest BCUT2D eigenvalue weighted by atomic mass is 32.2. The summed E-state index contributed by atoms with van der Waals surface area (Å²) >= 11 is 0. The molecule has 8 heteroatoms. The summed E-state index contributed by atoms with van der Waals surface area (Å²) in [4.78, 5) is 1.77. The van der Waals surface area contributed by atoms with Crippen LogP contribution in [0.15, 0.2) is 53.4 Å². The van der Waals surface area contributed by atoms with Gasteiger partial charge in [-0.3, -0.25) is 5.32 Å². The molecule has 0 aliphatic carbocycles. The molecule has 0 bridgehead atoms. The van der Waals surface area contributed by atoms with Crippen LogP contribution < -0.4 is 20.1 Å². The van der Waals surface area contributed by atoms with Gasteiger partial charge in [-0.25, -0.2) is 0 Å². The Labute approximate surface area is 134 Å². The van der Waals surface area contributed by atoms with Crippen LogP contribution in [0.2, 0.25) is 0 Å². The third kappa shape index (κ3) is 3.39. The Morgan fingerprint density at radius 2 is 1.78 bits per heavy atom. The van der Waals surface area contributed by atoms with E-state index in [1.54, 1.807) is 29.2 Å². The third-order valence-electron chi connectivity index (χ3n) is 3.52. The zero-order chi connectivity index (χ0) is 16.4. The van der Waals surface area contributed by atoms with Gasteiger partial charge in [0.15, 0.2) is 6.35 Å². The summed E-state index contributed by atoms with van der Waals surface area (Å²) in [5, 5.41) is 12.6. The molecule has 2 aromatic rings. The van der Waals surface area contributed by atoms with Gasteiger partial charge in [-0.1, -0.05) is 0 Å². The minimum absolute atomic E-state index is 0.0414. The van der Waals surface area contributed by atoms with Crippen molar-refractivity contribution in [1.82, 2.24) is 5.32 Å². The second-order valence-corrected chi connectivity index (χ2v) is 6.67. The van der Waals surface area contributed by atoms with Gasteiger partial charge in [0, 0.05) is 24.5 Å². The Hall–Kier alpha value is -2.29. The second-order valence-electron chi connectivity index (χ2n) is 5.12. The maximum Gasteiger partial charge on any atom is 0.339 e. The molecule has 2 aromatic carbocycles. The first-order valence-corrected chi connectivity index (χ1v) is 8.45.